The van der Waals surface area contributed by atoms with Crippen LogP contribution in [0.5, 0.6) is 0 Å². The van der Waals surface area contributed by atoms with Gasteiger partial charge in [-0.15, -0.1) is 0 Å². The van der Waals surface area contributed by atoms with Gasteiger partial charge in [0.05, 0.1) is 0 Å². The van der Waals surface area contributed by atoms with E-state index in [-0.39, 0.29) is 24.4 Å². The van der Waals surface area contributed by atoms with Crippen molar-refractivity contribution in [2.24, 2.45) is 5.73 Å². The van der Waals surface area contributed by atoms with Gasteiger partial charge in [0.15, 0.2) is 0 Å². The van der Waals surface area contributed by atoms with Gasteiger partial charge in [-0.1, -0.05) is 6.07 Å². The van der Waals surface area contributed by atoms with Crippen LogP contribution in [0.3, 0.4) is 0 Å². The number of alkyl halides is 1. The highest BCUT2D eigenvalue weighted by Crippen LogP contribution is 2.35. The molecule has 1 saturated carbocycles. The molecule has 1 nitrogen and oxygen atoms in total. The zero-order chi connectivity index (χ0) is 12.5. The van der Waals surface area contributed by atoms with E-state index >= 15 is 0 Å². The van der Waals surface area contributed by atoms with Crippen LogP contribution in [0.25, 0.3) is 0 Å². The lowest BCUT2D eigenvalue weighted by atomic mass is 9.79. The van der Waals surface area contributed by atoms with E-state index in [4.69, 9.17) is 5.73 Å². The molecule has 0 radical (unpaired) electrons. The first-order valence-corrected chi connectivity index (χ1v) is 5.88. The van der Waals surface area contributed by atoms with E-state index in [1.54, 1.807) is 0 Å². The number of halogens is 3. The fraction of sp³-hybridized carbons (Fsp3) is 0.538. The van der Waals surface area contributed by atoms with Crippen LogP contribution in [-0.4, -0.2) is 11.7 Å². The summed E-state index contributed by atoms with van der Waals surface area (Å²) in [5, 5.41) is 0. The molecule has 2 atom stereocenters. The number of hydrogen-bond donors (Lipinski definition) is 1. The van der Waals surface area contributed by atoms with E-state index < -0.39 is 17.3 Å². The zero-order valence-electron chi connectivity index (χ0n) is 9.56. The lowest BCUT2D eigenvalue weighted by Crippen LogP contribution is -2.39. The van der Waals surface area contributed by atoms with Gasteiger partial charge < -0.3 is 5.73 Å². The third-order valence-electron chi connectivity index (χ3n) is 3.38. The first-order chi connectivity index (χ1) is 8.00. The summed E-state index contributed by atoms with van der Waals surface area (Å²) in [5.41, 5.74) is 3.98. The predicted molar refractivity (Wildman–Crippen MR) is 60.3 cm³/mol. The molecule has 2 N–H and O–H groups in total. The summed E-state index contributed by atoms with van der Waals surface area (Å²) in [6, 6.07) is 3.39. The van der Waals surface area contributed by atoms with Gasteiger partial charge >= 0.3 is 0 Å². The summed E-state index contributed by atoms with van der Waals surface area (Å²) in [4.78, 5) is 0. The molecule has 2 rings (SSSR count). The normalized spacial score (nSPS) is 29.3. The highest BCUT2D eigenvalue weighted by molar-refractivity contribution is 5.22. The highest BCUT2D eigenvalue weighted by Gasteiger charge is 2.36. The second-order valence-corrected chi connectivity index (χ2v) is 4.88. The maximum atomic E-state index is 14.5. The lowest BCUT2D eigenvalue weighted by molar-refractivity contribution is 0.0943. The Labute approximate surface area is 98.8 Å². The van der Waals surface area contributed by atoms with Crippen molar-refractivity contribution in [2.75, 3.05) is 0 Å². The van der Waals surface area contributed by atoms with Gasteiger partial charge in [-0.25, -0.2) is 13.2 Å². The van der Waals surface area contributed by atoms with Crippen molar-refractivity contribution in [3.05, 3.63) is 35.4 Å². The second-order valence-electron chi connectivity index (χ2n) is 4.88. The smallest absolute Gasteiger partial charge is 0.129 e. The largest absolute Gasteiger partial charge is 0.328 e. The summed E-state index contributed by atoms with van der Waals surface area (Å²) in [6.07, 6.45) is 1.74. The predicted octanol–water partition coefficient (Wildman–Crippen LogP) is 3.12. The van der Waals surface area contributed by atoms with Crippen LogP contribution in [-0.2, 0) is 6.42 Å². The molecule has 1 aliphatic carbocycles. The molecule has 0 amide bonds. The molecule has 0 saturated heterocycles. The van der Waals surface area contributed by atoms with Crippen LogP contribution >= 0.6 is 0 Å². The van der Waals surface area contributed by atoms with Gasteiger partial charge in [-0.2, -0.15) is 0 Å². The molecule has 4 heteroatoms. The summed E-state index contributed by atoms with van der Waals surface area (Å²) >= 11 is 0. The number of rotatable bonds is 2. The topological polar surface area (TPSA) is 26.0 Å². The first kappa shape index (κ1) is 12.4. The van der Waals surface area contributed by atoms with E-state index in [0.717, 1.165) is 18.6 Å². The fourth-order valence-corrected chi connectivity index (χ4v) is 2.53. The van der Waals surface area contributed by atoms with Crippen molar-refractivity contribution in [2.45, 2.75) is 43.8 Å². The van der Waals surface area contributed by atoms with E-state index in [1.165, 1.54) is 6.07 Å². The second kappa shape index (κ2) is 4.69. The molecule has 2 unspecified atom stereocenters. The van der Waals surface area contributed by atoms with Gasteiger partial charge in [0.1, 0.15) is 17.3 Å². The molecule has 1 aromatic carbocycles. The van der Waals surface area contributed by atoms with Crippen molar-refractivity contribution in [1.82, 2.24) is 0 Å². The van der Waals surface area contributed by atoms with Gasteiger partial charge in [0.25, 0.3) is 0 Å². The van der Waals surface area contributed by atoms with Gasteiger partial charge in [-0.3, -0.25) is 0 Å². The van der Waals surface area contributed by atoms with E-state index in [0.29, 0.717) is 12.8 Å². The average molecular weight is 243 g/mol. The third kappa shape index (κ3) is 2.80. The Morgan fingerprint density at radius 1 is 1.29 bits per heavy atom. The Morgan fingerprint density at radius 2 is 1.94 bits per heavy atom. The van der Waals surface area contributed by atoms with Gasteiger partial charge in [-0.05, 0) is 37.8 Å². The van der Waals surface area contributed by atoms with Crippen molar-refractivity contribution in [3.8, 4) is 0 Å². The van der Waals surface area contributed by atoms with E-state index in [1.807, 2.05) is 0 Å². The quantitative estimate of drug-likeness (QED) is 0.848. The maximum Gasteiger partial charge on any atom is 0.129 e. The molecule has 0 aliphatic heterocycles. The van der Waals surface area contributed by atoms with Crippen molar-refractivity contribution in [1.29, 1.82) is 0 Å². The Hall–Kier alpha value is -1.03. The molecule has 1 aromatic rings. The molecule has 0 heterocycles. The fourth-order valence-electron chi connectivity index (χ4n) is 2.53. The van der Waals surface area contributed by atoms with Crippen LogP contribution in [0.15, 0.2) is 18.2 Å². The van der Waals surface area contributed by atoms with Crippen LogP contribution in [0.4, 0.5) is 13.2 Å². The average Bonchev–Trinajstić information content (AvgIpc) is 2.23. The highest BCUT2D eigenvalue weighted by atomic mass is 19.1. The van der Waals surface area contributed by atoms with E-state index in [9.17, 15) is 13.2 Å². The van der Waals surface area contributed by atoms with Gasteiger partial charge in [0.2, 0.25) is 0 Å². The van der Waals surface area contributed by atoms with Crippen LogP contribution in [0.2, 0.25) is 0 Å². The van der Waals surface area contributed by atoms with E-state index in [2.05, 4.69) is 0 Å². The Bertz CT molecular complexity index is 387. The minimum atomic E-state index is -1.57. The minimum Gasteiger partial charge on any atom is -0.328 e. The van der Waals surface area contributed by atoms with Crippen LogP contribution in [0, 0.1) is 11.6 Å². The van der Waals surface area contributed by atoms with Gasteiger partial charge in [0, 0.05) is 18.0 Å². The zero-order valence-corrected chi connectivity index (χ0v) is 9.56. The monoisotopic (exact) mass is 243 g/mol. The van der Waals surface area contributed by atoms with Crippen LogP contribution in [0.1, 0.15) is 31.2 Å². The summed E-state index contributed by atoms with van der Waals surface area (Å²) in [7, 11) is 0. The molecule has 0 aromatic heterocycles. The Kier molecular flexibility index (Phi) is 3.43. The molecule has 1 aliphatic rings. The summed E-state index contributed by atoms with van der Waals surface area (Å²) in [5.74, 6) is -1.36. The SMILES string of the molecule is NC1CCCC(F)(Cc2c(F)cccc2F)C1. The third-order valence-corrected chi connectivity index (χ3v) is 3.38. The summed E-state index contributed by atoms with van der Waals surface area (Å²) in [6.45, 7) is 0. The molecule has 0 spiro atoms. The van der Waals surface area contributed by atoms with Crippen molar-refractivity contribution < 1.29 is 13.2 Å². The lowest BCUT2D eigenvalue weighted by Gasteiger charge is -2.33. The number of hydrogen-bond acceptors (Lipinski definition) is 1. The minimum absolute atomic E-state index is 0.163. The Morgan fingerprint density at radius 3 is 2.53 bits per heavy atom. The molecular formula is C13H16F3N. The molecule has 94 valence electrons. The maximum absolute atomic E-state index is 14.5. The summed E-state index contributed by atoms with van der Waals surface area (Å²) < 4.78 is 41.3. The number of benzene rings is 1. The van der Waals surface area contributed by atoms with Crippen molar-refractivity contribution >= 4 is 0 Å². The van der Waals surface area contributed by atoms with Crippen LogP contribution < -0.4 is 5.73 Å². The van der Waals surface area contributed by atoms with Crippen molar-refractivity contribution in [3.63, 3.8) is 0 Å². The first-order valence-electron chi connectivity index (χ1n) is 5.88. The standard InChI is InChI=1S/C13H16F3N/c14-11-4-1-5-12(15)10(11)8-13(16)6-2-3-9(17)7-13/h1,4-5,9H,2-3,6-8,17H2. The molecular weight excluding hydrogens is 227 g/mol. The molecule has 17 heavy (non-hydrogen) atoms. The molecule has 1 fully saturated rings. The molecule has 0 bridgehead atoms. The Balaban J connectivity index is 2.19. The number of nitrogens with two attached hydrogens (primary N) is 1.